The first-order valence-corrected chi connectivity index (χ1v) is 7.56. The highest BCUT2D eigenvalue weighted by Crippen LogP contribution is 2.30. The molecule has 1 rings (SSSR count). The zero-order valence-corrected chi connectivity index (χ0v) is 13.3. The smallest absolute Gasteiger partial charge is 0.0234 e. The summed E-state index contributed by atoms with van der Waals surface area (Å²) in [6, 6.07) is 9.15. The maximum absolute atomic E-state index is 3.80. The van der Waals surface area contributed by atoms with E-state index in [1.165, 1.54) is 17.5 Å². The first-order chi connectivity index (χ1) is 7.91. The summed E-state index contributed by atoms with van der Waals surface area (Å²) in [4.78, 5) is 0.554. The molecule has 1 aromatic rings. The van der Waals surface area contributed by atoms with Crippen molar-refractivity contribution < 1.29 is 0 Å². The van der Waals surface area contributed by atoms with Crippen LogP contribution in [0, 0.1) is 11.8 Å². The lowest BCUT2D eigenvalue weighted by molar-refractivity contribution is 0.550. The van der Waals surface area contributed by atoms with Crippen molar-refractivity contribution in [3.05, 3.63) is 35.4 Å². The molecule has 0 aliphatic heterocycles. The van der Waals surface area contributed by atoms with Gasteiger partial charge in [-0.05, 0) is 35.3 Å². The Morgan fingerprint density at radius 1 is 0.941 bits per heavy atom. The zero-order valence-electron chi connectivity index (χ0n) is 11.7. The molecule has 0 aliphatic rings. The van der Waals surface area contributed by atoms with Crippen LogP contribution in [0.1, 0.15) is 51.7 Å². The van der Waals surface area contributed by atoms with Gasteiger partial charge < -0.3 is 0 Å². The van der Waals surface area contributed by atoms with E-state index < -0.39 is 0 Å². The molecule has 0 aromatic heterocycles. The van der Waals surface area contributed by atoms with Gasteiger partial charge in [-0.2, -0.15) is 0 Å². The Balaban J connectivity index is 2.73. The molecule has 0 bridgehead atoms. The number of alkyl halides is 1. The van der Waals surface area contributed by atoms with E-state index >= 15 is 0 Å². The molecule has 0 aliphatic carbocycles. The van der Waals surface area contributed by atoms with Crippen LogP contribution in [0.4, 0.5) is 0 Å². The van der Waals surface area contributed by atoms with Gasteiger partial charge in [0.15, 0.2) is 0 Å². The van der Waals surface area contributed by atoms with Gasteiger partial charge in [-0.1, -0.05) is 74.8 Å². The molecular weight excluding hydrogens is 272 g/mol. The molecule has 0 fully saturated rings. The minimum absolute atomic E-state index is 0.554. The van der Waals surface area contributed by atoms with Crippen molar-refractivity contribution in [1.29, 1.82) is 0 Å². The van der Waals surface area contributed by atoms with Gasteiger partial charge in [0.1, 0.15) is 0 Å². The second-order valence-electron chi connectivity index (χ2n) is 5.82. The highest BCUT2D eigenvalue weighted by atomic mass is 79.9. The Morgan fingerprint density at radius 2 is 1.47 bits per heavy atom. The third-order valence-electron chi connectivity index (χ3n) is 3.26. The van der Waals surface area contributed by atoms with E-state index in [0.29, 0.717) is 16.7 Å². The molecular formula is C16H25Br. The summed E-state index contributed by atoms with van der Waals surface area (Å²) in [7, 11) is 0. The molecule has 96 valence electrons. The number of hydrogen-bond acceptors (Lipinski definition) is 0. The van der Waals surface area contributed by atoms with Crippen LogP contribution in [0.3, 0.4) is 0 Å². The maximum Gasteiger partial charge on any atom is 0.0234 e. The third-order valence-corrected chi connectivity index (χ3v) is 5.11. The van der Waals surface area contributed by atoms with Crippen molar-refractivity contribution in [3.8, 4) is 0 Å². The Kier molecular flexibility index (Phi) is 5.72. The maximum atomic E-state index is 3.80. The van der Waals surface area contributed by atoms with Gasteiger partial charge in [0.05, 0.1) is 0 Å². The Hall–Kier alpha value is -0.300. The Morgan fingerprint density at radius 3 is 1.88 bits per heavy atom. The molecule has 0 N–H and O–H groups in total. The second kappa shape index (κ2) is 6.58. The second-order valence-corrected chi connectivity index (χ2v) is 6.87. The fourth-order valence-electron chi connectivity index (χ4n) is 2.19. The van der Waals surface area contributed by atoms with Crippen molar-refractivity contribution >= 4 is 15.9 Å². The van der Waals surface area contributed by atoms with Crippen LogP contribution >= 0.6 is 15.9 Å². The van der Waals surface area contributed by atoms with Gasteiger partial charge in [0, 0.05) is 4.83 Å². The number of halogens is 1. The molecule has 0 saturated heterocycles. The summed E-state index contributed by atoms with van der Waals surface area (Å²) < 4.78 is 0. The number of benzene rings is 1. The molecule has 0 heterocycles. The monoisotopic (exact) mass is 296 g/mol. The van der Waals surface area contributed by atoms with Gasteiger partial charge in [-0.15, -0.1) is 0 Å². The van der Waals surface area contributed by atoms with E-state index in [0.717, 1.165) is 5.92 Å². The van der Waals surface area contributed by atoms with Crippen LogP contribution in [0.2, 0.25) is 0 Å². The molecule has 0 radical (unpaired) electrons. The average Bonchev–Trinajstić information content (AvgIpc) is 2.27. The minimum atomic E-state index is 0.554. The normalized spacial score (nSPS) is 15.3. The molecule has 1 aromatic carbocycles. The van der Waals surface area contributed by atoms with E-state index in [-0.39, 0.29) is 0 Å². The van der Waals surface area contributed by atoms with E-state index in [2.05, 4.69) is 74.8 Å². The summed E-state index contributed by atoms with van der Waals surface area (Å²) in [5.41, 5.74) is 2.89. The van der Waals surface area contributed by atoms with Crippen LogP contribution in [0.5, 0.6) is 0 Å². The Bertz CT molecular complexity index is 324. The molecule has 1 heteroatoms. The summed E-state index contributed by atoms with van der Waals surface area (Å²) in [5, 5.41) is 0. The topological polar surface area (TPSA) is 0 Å². The lowest BCUT2D eigenvalue weighted by atomic mass is 9.90. The van der Waals surface area contributed by atoms with E-state index in [1.54, 1.807) is 0 Å². The fourth-order valence-corrected chi connectivity index (χ4v) is 2.50. The largest absolute Gasteiger partial charge is 0.0881 e. The molecule has 0 amide bonds. The number of rotatable bonds is 5. The SMILES string of the molecule is CC(C)Cc1ccc(C(C)C(Br)C(C)C)cc1. The minimum Gasteiger partial charge on any atom is -0.0881 e. The standard InChI is InChI=1S/C16H25Br/c1-11(2)10-14-6-8-15(9-7-14)13(5)16(17)12(3)4/h6-9,11-13,16H,10H2,1-5H3. The summed E-state index contributed by atoms with van der Waals surface area (Å²) in [6.45, 7) is 11.4. The highest BCUT2D eigenvalue weighted by molar-refractivity contribution is 9.09. The Labute approximate surface area is 115 Å². The van der Waals surface area contributed by atoms with E-state index in [9.17, 15) is 0 Å². The first kappa shape index (κ1) is 14.8. The molecule has 17 heavy (non-hydrogen) atoms. The van der Waals surface area contributed by atoms with Crippen LogP contribution in [0.15, 0.2) is 24.3 Å². The summed E-state index contributed by atoms with van der Waals surface area (Å²) in [6.07, 6.45) is 1.18. The molecule has 0 spiro atoms. The number of hydrogen-bond donors (Lipinski definition) is 0. The fraction of sp³-hybridized carbons (Fsp3) is 0.625. The predicted octanol–water partition coefficient (Wildman–Crippen LogP) is 5.41. The van der Waals surface area contributed by atoms with Gasteiger partial charge in [0.25, 0.3) is 0 Å². The van der Waals surface area contributed by atoms with Crippen molar-refractivity contribution in [2.75, 3.05) is 0 Å². The van der Waals surface area contributed by atoms with Crippen LogP contribution in [-0.2, 0) is 6.42 Å². The van der Waals surface area contributed by atoms with Gasteiger partial charge in [-0.25, -0.2) is 0 Å². The van der Waals surface area contributed by atoms with Gasteiger partial charge in [-0.3, -0.25) is 0 Å². The molecule has 2 atom stereocenters. The van der Waals surface area contributed by atoms with Gasteiger partial charge >= 0.3 is 0 Å². The summed E-state index contributed by atoms with van der Waals surface area (Å²) in [5.74, 6) is 1.97. The quantitative estimate of drug-likeness (QED) is 0.638. The van der Waals surface area contributed by atoms with E-state index in [4.69, 9.17) is 0 Å². The van der Waals surface area contributed by atoms with Crippen LogP contribution in [-0.4, -0.2) is 4.83 Å². The van der Waals surface area contributed by atoms with E-state index in [1.807, 2.05) is 0 Å². The van der Waals surface area contributed by atoms with Crippen molar-refractivity contribution in [2.45, 2.75) is 51.8 Å². The molecule has 2 unspecified atom stereocenters. The zero-order chi connectivity index (χ0) is 13.0. The van der Waals surface area contributed by atoms with Crippen molar-refractivity contribution in [3.63, 3.8) is 0 Å². The molecule has 0 saturated carbocycles. The summed E-state index contributed by atoms with van der Waals surface area (Å²) >= 11 is 3.80. The highest BCUT2D eigenvalue weighted by Gasteiger charge is 2.18. The van der Waals surface area contributed by atoms with Crippen molar-refractivity contribution in [2.24, 2.45) is 11.8 Å². The third kappa shape index (κ3) is 4.46. The average molecular weight is 297 g/mol. The first-order valence-electron chi connectivity index (χ1n) is 6.64. The predicted molar refractivity (Wildman–Crippen MR) is 81.0 cm³/mol. The lowest BCUT2D eigenvalue weighted by Crippen LogP contribution is -2.15. The lowest BCUT2D eigenvalue weighted by Gasteiger charge is -2.22. The van der Waals surface area contributed by atoms with Crippen molar-refractivity contribution in [1.82, 2.24) is 0 Å². The molecule has 0 nitrogen and oxygen atoms in total. The van der Waals surface area contributed by atoms with Gasteiger partial charge in [0.2, 0.25) is 0 Å². The van der Waals surface area contributed by atoms with Crippen LogP contribution < -0.4 is 0 Å². The van der Waals surface area contributed by atoms with Crippen LogP contribution in [0.25, 0.3) is 0 Å².